The van der Waals surface area contributed by atoms with E-state index in [9.17, 15) is 4.79 Å². The van der Waals surface area contributed by atoms with Gasteiger partial charge in [-0.1, -0.05) is 36.4 Å². The number of nitrogens with zero attached hydrogens (tertiary/aromatic N) is 2. The first-order valence-corrected chi connectivity index (χ1v) is 8.03. The molecule has 0 aliphatic carbocycles. The second kappa shape index (κ2) is 6.58. The molecule has 1 aromatic carbocycles. The normalized spacial score (nSPS) is 10.6. The van der Waals surface area contributed by atoms with E-state index in [1.807, 2.05) is 61.0 Å². The number of aromatic nitrogens is 2. The number of nitrogens with one attached hydrogen (secondary N) is 1. The predicted molar refractivity (Wildman–Crippen MR) is 89.1 cm³/mol. The molecule has 0 atom stereocenters. The fraction of sp³-hybridized carbons (Fsp3) is 0.176. The van der Waals surface area contributed by atoms with Crippen molar-refractivity contribution in [3.05, 3.63) is 64.6 Å². The Hall–Kier alpha value is -2.40. The lowest BCUT2D eigenvalue weighted by molar-refractivity contribution is 0.0956. The van der Waals surface area contributed by atoms with Crippen LogP contribution in [-0.2, 0) is 6.54 Å². The van der Waals surface area contributed by atoms with Gasteiger partial charge < -0.3 is 9.88 Å². The largest absolute Gasteiger partial charge is 0.350 e. The van der Waals surface area contributed by atoms with Crippen LogP contribution in [0.4, 0.5) is 0 Å². The molecule has 0 saturated heterocycles. The highest BCUT2D eigenvalue weighted by atomic mass is 32.1. The third-order valence-corrected chi connectivity index (χ3v) is 4.32. The summed E-state index contributed by atoms with van der Waals surface area (Å²) < 4.78 is 2.13. The van der Waals surface area contributed by atoms with Crippen LogP contribution in [0.3, 0.4) is 0 Å². The molecule has 2 heterocycles. The first-order valence-electron chi connectivity index (χ1n) is 7.15. The molecule has 3 aromatic rings. The number of aryl methyl sites for hydroxylation is 1. The highest BCUT2D eigenvalue weighted by Crippen LogP contribution is 2.18. The van der Waals surface area contributed by atoms with Crippen LogP contribution in [0.2, 0.25) is 0 Å². The zero-order valence-electron chi connectivity index (χ0n) is 12.3. The molecule has 1 amide bonds. The van der Waals surface area contributed by atoms with Crippen molar-refractivity contribution in [2.45, 2.75) is 13.5 Å². The molecular weight excluding hydrogens is 294 g/mol. The maximum atomic E-state index is 11.9. The summed E-state index contributed by atoms with van der Waals surface area (Å²) in [5.41, 5.74) is 2.17. The Kier molecular flexibility index (Phi) is 4.34. The summed E-state index contributed by atoms with van der Waals surface area (Å²) in [5.74, 6) is 0.914. The molecule has 22 heavy (non-hydrogen) atoms. The van der Waals surface area contributed by atoms with E-state index in [2.05, 4.69) is 14.9 Å². The molecule has 2 aromatic heterocycles. The maximum Gasteiger partial charge on any atom is 0.261 e. The van der Waals surface area contributed by atoms with Crippen LogP contribution in [0.15, 0.2) is 54.0 Å². The van der Waals surface area contributed by atoms with Gasteiger partial charge in [0, 0.05) is 30.5 Å². The molecule has 4 nitrogen and oxygen atoms in total. The minimum atomic E-state index is -0.0194. The smallest absolute Gasteiger partial charge is 0.261 e. The van der Waals surface area contributed by atoms with Crippen molar-refractivity contribution in [2.24, 2.45) is 0 Å². The number of rotatable bonds is 5. The van der Waals surface area contributed by atoms with Crippen molar-refractivity contribution >= 4 is 17.2 Å². The Morgan fingerprint density at radius 1 is 1.23 bits per heavy atom. The van der Waals surface area contributed by atoms with Gasteiger partial charge in [0.2, 0.25) is 0 Å². The van der Waals surface area contributed by atoms with Crippen LogP contribution in [0.1, 0.15) is 15.4 Å². The monoisotopic (exact) mass is 311 g/mol. The second-order valence-corrected chi connectivity index (χ2v) is 5.92. The molecule has 5 heteroatoms. The molecule has 0 saturated carbocycles. The first kappa shape index (κ1) is 14.5. The van der Waals surface area contributed by atoms with E-state index in [-0.39, 0.29) is 5.91 Å². The van der Waals surface area contributed by atoms with Crippen molar-refractivity contribution in [1.29, 1.82) is 0 Å². The van der Waals surface area contributed by atoms with Gasteiger partial charge >= 0.3 is 0 Å². The van der Waals surface area contributed by atoms with Crippen molar-refractivity contribution in [3.63, 3.8) is 0 Å². The van der Waals surface area contributed by atoms with Gasteiger partial charge in [0.05, 0.1) is 4.88 Å². The fourth-order valence-electron chi connectivity index (χ4n) is 2.34. The number of carbonyl (C=O) groups is 1. The Morgan fingerprint density at radius 2 is 2.05 bits per heavy atom. The minimum Gasteiger partial charge on any atom is -0.350 e. The first-order chi connectivity index (χ1) is 10.8. The van der Waals surface area contributed by atoms with Gasteiger partial charge in [0.15, 0.2) is 0 Å². The van der Waals surface area contributed by atoms with Crippen LogP contribution in [-0.4, -0.2) is 22.0 Å². The van der Waals surface area contributed by atoms with Crippen molar-refractivity contribution in [3.8, 4) is 11.4 Å². The Morgan fingerprint density at radius 3 is 2.77 bits per heavy atom. The van der Waals surface area contributed by atoms with Gasteiger partial charge in [-0.15, -0.1) is 11.3 Å². The average Bonchev–Trinajstić information content (AvgIpc) is 3.19. The molecule has 1 N–H and O–H groups in total. The Bertz CT molecular complexity index is 748. The number of benzene rings is 1. The van der Waals surface area contributed by atoms with Crippen molar-refractivity contribution < 1.29 is 4.79 Å². The van der Waals surface area contributed by atoms with Gasteiger partial charge in [0.1, 0.15) is 5.82 Å². The molecule has 0 aliphatic rings. The fourth-order valence-corrected chi connectivity index (χ4v) is 2.98. The number of hydrogen-bond donors (Lipinski definition) is 1. The van der Waals surface area contributed by atoms with Crippen molar-refractivity contribution in [1.82, 2.24) is 14.9 Å². The lowest BCUT2D eigenvalue weighted by Crippen LogP contribution is -2.27. The average molecular weight is 311 g/mol. The zero-order chi connectivity index (χ0) is 15.4. The minimum absolute atomic E-state index is 0.0194. The molecule has 112 valence electrons. The molecule has 0 bridgehead atoms. The van der Waals surface area contributed by atoms with Crippen molar-refractivity contribution in [2.75, 3.05) is 6.54 Å². The topological polar surface area (TPSA) is 46.9 Å². The highest BCUT2D eigenvalue weighted by molar-refractivity contribution is 7.12. The maximum absolute atomic E-state index is 11.9. The summed E-state index contributed by atoms with van der Waals surface area (Å²) in [4.78, 5) is 17.2. The molecule has 0 fully saturated rings. The Balaban J connectivity index is 1.68. The number of carbonyl (C=O) groups excluding carboxylic acids is 1. The van der Waals surface area contributed by atoms with E-state index >= 15 is 0 Å². The van der Waals surface area contributed by atoms with E-state index in [1.165, 1.54) is 11.3 Å². The summed E-state index contributed by atoms with van der Waals surface area (Å²) in [6.45, 7) is 3.31. The van der Waals surface area contributed by atoms with Gasteiger partial charge in [-0.25, -0.2) is 4.98 Å². The van der Waals surface area contributed by atoms with Crippen LogP contribution >= 0.6 is 11.3 Å². The quantitative estimate of drug-likeness (QED) is 0.785. The summed E-state index contributed by atoms with van der Waals surface area (Å²) in [6, 6.07) is 13.8. The molecule has 3 rings (SSSR count). The van der Waals surface area contributed by atoms with Gasteiger partial charge in [-0.3, -0.25) is 4.79 Å². The molecule has 0 aliphatic heterocycles. The number of thiophene rings is 1. The number of hydrogen-bond acceptors (Lipinski definition) is 3. The van der Waals surface area contributed by atoms with Crippen LogP contribution in [0.5, 0.6) is 0 Å². The molecule has 0 spiro atoms. The van der Waals surface area contributed by atoms with E-state index in [4.69, 9.17) is 0 Å². The summed E-state index contributed by atoms with van der Waals surface area (Å²) >= 11 is 1.45. The van der Waals surface area contributed by atoms with Gasteiger partial charge in [-0.2, -0.15) is 0 Å². The predicted octanol–water partition coefficient (Wildman–Crippen LogP) is 3.35. The second-order valence-electron chi connectivity index (χ2n) is 4.97. The molecular formula is C17H17N3OS. The van der Waals surface area contributed by atoms with Gasteiger partial charge in [-0.05, 0) is 18.4 Å². The summed E-state index contributed by atoms with van der Waals surface area (Å²) in [7, 11) is 0. The Labute approximate surface area is 133 Å². The van der Waals surface area contributed by atoms with Crippen LogP contribution in [0, 0.1) is 6.92 Å². The SMILES string of the molecule is Cc1cnc(-c2ccccc2)n1CCNC(=O)c1cccs1. The summed E-state index contributed by atoms with van der Waals surface area (Å²) in [6.07, 6.45) is 1.86. The van der Waals surface area contributed by atoms with Crippen LogP contribution < -0.4 is 5.32 Å². The summed E-state index contributed by atoms with van der Waals surface area (Å²) in [5, 5.41) is 4.86. The van der Waals surface area contributed by atoms with E-state index in [0.29, 0.717) is 13.1 Å². The highest BCUT2D eigenvalue weighted by Gasteiger charge is 2.10. The van der Waals surface area contributed by atoms with Gasteiger partial charge in [0.25, 0.3) is 5.91 Å². The zero-order valence-corrected chi connectivity index (χ0v) is 13.1. The van der Waals surface area contributed by atoms with E-state index in [1.54, 1.807) is 0 Å². The van der Waals surface area contributed by atoms with Crippen LogP contribution in [0.25, 0.3) is 11.4 Å². The number of imidazole rings is 1. The number of amides is 1. The third kappa shape index (κ3) is 3.09. The van der Waals surface area contributed by atoms with E-state index < -0.39 is 0 Å². The lowest BCUT2D eigenvalue weighted by atomic mass is 10.2. The molecule has 0 radical (unpaired) electrons. The molecule has 0 unspecified atom stereocenters. The third-order valence-electron chi connectivity index (χ3n) is 3.45. The standard InChI is InChI=1S/C17H17N3OS/c1-13-12-19-16(14-6-3-2-4-7-14)20(13)10-9-18-17(21)15-8-5-11-22-15/h2-8,11-12H,9-10H2,1H3,(H,18,21). The van der Waals surface area contributed by atoms with E-state index in [0.717, 1.165) is 22.0 Å². The lowest BCUT2D eigenvalue weighted by Gasteiger charge is -2.11.